The molecule has 2 rings (SSSR count). The van der Waals surface area contributed by atoms with E-state index in [1.54, 1.807) is 0 Å². The molecule has 0 spiro atoms. The van der Waals surface area contributed by atoms with Crippen LogP contribution in [0.1, 0.15) is 0 Å². The van der Waals surface area contributed by atoms with Crippen molar-refractivity contribution in [2.75, 3.05) is 0 Å². The van der Waals surface area contributed by atoms with Gasteiger partial charge in [0.05, 0.1) is 0 Å². The molecular weight excluding hydrogens is 201 g/mol. The Morgan fingerprint density at radius 1 is 1.27 bits per heavy atom. The second kappa shape index (κ2) is 3.04. The maximum atomic E-state index is 4.27. The van der Waals surface area contributed by atoms with Gasteiger partial charge in [0.15, 0.2) is 0 Å². The predicted molar refractivity (Wildman–Crippen MR) is 48.1 cm³/mol. The van der Waals surface area contributed by atoms with Gasteiger partial charge >= 0.3 is 70.0 Å². The molecular formula is C9H8NSe. The molecule has 0 N–H and O–H groups in total. The summed E-state index contributed by atoms with van der Waals surface area (Å²) in [5.41, 5.74) is 0. The summed E-state index contributed by atoms with van der Waals surface area (Å²) in [5.74, 6) is 0. The van der Waals surface area contributed by atoms with Gasteiger partial charge in [-0.15, -0.1) is 0 Å². The Balaban J connectivity index is 2.30. The number of allylic oxidation sites excluding steroid dienone is 2. The Morgan fingerprint density at radius 3 is 2.73 bits per heavy atom. The van der Waals surface area contributed by atoms with Crippen molar-refractivity contribution in [3.8, 4) is 0 Å². The van der Waals surface area contributed by atoms with E-state index in [1.807, 2.05) is 18.3 Å². The SMILES string of the molecule is [c]1cccnc1[SeH]1C=CC=C1. The van der Waals surface area contributed by atoms with Crippen LogP contribution >= 0.6 is 0 Å². The second-order valence-corrected chi connectivity index (χ2v) is 6.04. The first-order chi connectivity index (χ1) is 5.47. The van der Waals surface area contributed by atoms with E-state index in [0.717, 1.165) is 4.59 Å². The van der Waals surface area contributed by atoms with Crippen LogP contribution in [0.3, 0.4) is 0 Å². The minimum atomic E-state index is -1.03. The summed E-state index contributed by atoms with van der Waals surface area (Å²) >= 11 is -1.03. The first-order valence-corrected chi connectivity index (χ1v) is 6.53. The summed E-state index contributed by atoms with van der Waals surface area (Å²) in [6.45, 7) is 0. The third kappa shape index (κ3) is 1.42. The quantitative estimate of drug-likeness (QED) is 0.614. The van der Waals surface area contributed by atoms with Crippen LogP contribution < -0.4 is 4.59 Å². The molecule has 0 aromatic carbocycles. The molecule has 1 aromatic heterocycles. The summed E-state index contributed by atoms with van der Waals surface area (Å²) in [7, 11) is 0. The van der Waals surface area contributed by atoms with Crippen LogP contribution in [0.5, 0.6) is 0 Å². The Labute approximate surface area is 70.4 Å². The molecule has 0 saturated carbocycles. The molecule has 2 heterocycles. The van der Waals surface area contributed by atoms with Crippen molar-refractivity contribution in [2.45, 2.75) is 0 Å². The van der Waals surface area contributed by atoms with Crippen molar-refractivity contribution in [1.82, 2.24) is 4.98 Å². The summed E-state index contributed by atoms with van der Waals surface area (Å²) < 4.78 is 1.14. The second-order valence-electron chi connectivity index (χ2n) is 2.20. The van der Waals surface area contributed by atoms with Gasteiger partial charge in [0.1, 0.15) is 0 Å². The molecule has 55 valence electrons. The number of aromatic nitrogens is 1. The van der Waals surface area contributed by atoms with Crippen molar-refractivity contribution >= 4 is 18.5 Å². The van der Waals surface area contributed by atoms with Crippen LogP contribution in [-0.2, 0) is 0 Å². The van der Waals surface area contributed by atoms with Crippen LogP contribution in [0.2, 0.25) is 0 Å². The van der Waals surface area contributed by atoms with E-state index in [2.05, 4.69) is 33.2 Å². The molecule has 0 atom stereocenters. The maximum absolute atomic E-state index is 4.27. The summed E-state index contributed by atoms with van der Waals surface area (Å²) in [6.07, 6.45) is 6.03. The van der Waals surface area contributed by atoms with E-state index in [9.17, 15) is 0 Å². The van der Waals surface area contributed by atoms with Crippen molar-refractivity contribution in [2.24, 2.45) is 0 Å². The summed E-state index contributed by atoms with van der Waals surface area (Å²) in [4.78, 5) is 8.78. The number of nitrogens with zero attached hydrogens (tertiary/aromatic N) is 1. The fourth-order valence-corrected chi connectivity index (χ4v) is 3.82. The zero-order valence-corrected chi connectivity index (χ0v) is 7.81. The van der Waals surface area contributed by atoms with E-state index in [0.29, 0.717) is 0 Å². The molecule has 0 aliphatic carbocycles. The topological polar surface area (TPSA) is 12.9 Å². The fraction of sp³-hybridized carbons (Fsp3) is 0. The molecule has 0 unspecified atom stereocenters. The fourth-order valence-electron chi connectivity index (χ4n) is 0.934. The van der Waals surface area contributed by atoms with Crippen LogP contribution in [0.15, 0.2) is 40.4 Å². The van der Waals surface area contributed by atoms with Crippen molar-refractivity contribution in [1.29, 1.82) is 0 Å². The third-order valence-corrected chi connectivity index (χ3v) is 5.05. The summed E-state index contributed by atoms with van der Waals surface area (Å²) in [6, 6.07) is 6.99. The van der Waals surface area contributed by atoms with Crippen molar-refractivity contribution < 1.29 is 0 Å². The average Bonchev–Trinajstić information content (AvgIpc) is 2.58. The predicted octanol–water partition coefficient (Wildman–Crippen LogP) is 0.520. The van der Waals surface area contributed by atoms with Gasteiger partial charge in [0.2, 0.25) is 0 Å². The monoisotopic (exact) mass is 210 g/mol. The molecule has 1 aliphatic heterocycles. The first-order valence-electron chi connectivity index (χ1n) is 3.43. The first kappa shape index (κ1) is 6.83. The van der Waals surface area contributed by atoms with E-state index < -0.39 is 13.9 Å². The van der Waals surface area contributed by atoms with Crippen molar-refractivity contribution in [3.63, 3.8) is 0 Å². The molecule has 0 fully saturated rings. The zero-order valence-electron chi connectivity index (χ0n) is 5.94. The standard InChI is InChI=1S/C9H8NSe/c1-2-6-10-9(5-1)11-7-3-4-8-11/h1-4,6-8,11H. The van der Waals surface area contributed by atoms with Crippen LogP contribution in [0.4, 0.5) is 0 Å². The Bertz CT molecular complexity index is 278. The van der Waals surface area contributed by atoms with Gasteiger partial charge < -0.3 is 0 Å². The molecule has 1 radical (unpaired) electrons. The molecule has 2 heteroatoms. The van der Waals surface area contributed by atoms with Crippen LogP contribution in [0, 0.1) is 6.07 Å². The third-order valence-electron chi connectivity index (χ3n) is 1.44. The zero-order chi connectivity index (χ0) is 7.52. The van der Waals surface area contributed by atoms with Gasteiger partial charge in [-0.1, -0.05) is 0 Å². The number of hydrogen-bond donors (Lipinski definition) is 0. The number of rotatable bonds is 1. The van der Waals surface area contributed by atoms with Crippen molar-refractivity contribution in [3.05, 3.63) is 46.5 Å². The summed E-state index contributed by atoms with van der Waals surface area (Å²) in [5, 5.41) is 0. The Kier molecular flexibility index (Phi) is 1.89. The van der Waals surface area contributed by atoms with E-state index in [1.165, 1.54) is 0 Å². The molecule has 0 amide bonds. The molecule has 1 aromatic rings. The Hall–Kier alpha value is -0.851. The number of pyridine rings is 1. The normalized spacial score (nSPS) is 17.6. The van der Waals surface area contributed by atoms with Crippen LogP contribution in [0.25, 0.3) is 0 Å². The van der Waals surface area contributed by atoms with Gasteiger partial charge in [0.25, 0.3) is 0 Å². The van der Waals surface area contributed by atoms with Gasteiger partial charge in [-0.05, 0) is 0 Å². The molecule has 11 heavy (non-hydrogen) atoms. The van der Waals surface area contributed by atoms with Gasteiger partial charge in [-0.2, -0.15) is 0 Å². The molecule has 0 bridgehead atoms. The average molecular weight is 209 g/mol. The van der Waals surface area contributed by atoms with E-state index in [4.69, 9.17) is 0 Å². The molecule has 1 nitrogen and oxygen atoms in total. The molecule has 0 saturated heterocycles. The minimum absolute atomic E-state index is 1.03. The van der Waals surface area contributed by atoms with Gasteiger partial charge in [0, 0.05) is 0 Å². The van der Waals surface area contributed by atoms with E-state index >= 15 is 0 Å². The van der Waals surface area contributed by atoms with Gasteiger partial charge in [-0.3, -0.25) is 0 Å². The Morgan fingerprint density at radius 2 is 2.09 bits per heavy atom. The van der Waals surface area contributed by atoms with Gasteiger partial charge in [-0.25, -0.2) is 0 Å². The van der Waals surface area contributed by atoms with Crippen LogP contribution in [-0.4, -0.2) is 18.9 Å². The van der Waals surface area contributed by atoms with E-state index in [-0.39, 0.29) is 0 Å². The molecule has 1 aliphatic rings. The number of hydrogen-bond acceptors (Lipinski definition) is 1.